The Hall–Kier alpha value is -1.01. The van der Waals surface area contributed by atoms with Crippen molar-refractivity contribution < 1.29 is 23.4 Å². The number of hydrogen-bond acceptors (Lipinski definition) is 4. The van der Waals surface area contributed by atoms with E-state index >= 15 is 0 Å². The average Bonchev–Trinajstić information content (AvgIpc) is 2.17. The fourth-order valence-electron chi connectivity index (χ4n) is 1.14. The molecule has 4 nitrogen and oxygen atoms in total. The topological polar surface area (TPSA) is 49.8 Å². The molecule has 0 rings (SSSR count). The maximum absolute atomic E-state index is 12.1. The quantitative estimate of drug-likeness (QED) is 0.498. The number of halogens is 2. The molecule has 0 unspecified atom stereocenters. The number of esters is 1. The molecule has 0 aromatic carbocycles. The molecule has 0 heterocycles. The molecule has 0 aliphatic heterocycles. The Morgan fingerprint density at radius 1 is 1.56 bits per heavy atom. The van der Waals surface area contributed by atoms with Gasteiger partial charge in [0.25, 0.3) is 6.43 Å². The molecule has 0 aliphatic carbocycles. The van der Waals surface area contributed by atoms with E-state index in [0.717, 1.165) is 0 Å². The van der Waals surface area contributed by atoms with E-state index in [0.29, 0.717) is 0 Å². The van der Waals surface area contributed by atoms with Crippen LogP contribution in [0, 0.1) is 0 Å². The van der Waals surface area contributed by atoms with Gasteiger partial charge < -0.3 is 9.84 Å². The standard InChI is InChI=1S/C10H17F2NO3/c1-3-16-10(15)8(2)6-13(4-5-14)7-9(11)12/h9,14H,2-7H2,1H3. The lowest BCUT2D eigenvalue weighted by Gasteiger charge is -2.21. The maximum atomic E-state index is 12.1. The zero-order valence-corrected chi connectivity index (χ0v) is 9.29. The first-order chi connectivity index (χ1) is 7.51. The molecule has 0 saturated heterocycles. The minimum atomic E-state index is -2.51. The zero-order valence-electron chi connectivity index (χ0n) is 9.29. The Bertz CT molecular complexity index is 234. The van der Waals surface area contributed by atoms with Crippen LogP contribution in [0.2, 0.25) is 0 Å². The summed E-state index contributed by atoms with van der Waals surface area (Å²) in [5.74, 6) is -0.597. The Balaban J connectivity index is 4.16. The molecule has 0 aliphatic rings. The number of rotatable bonds is 8. The smallest absolute Gasteiger partial charge is 0.334 e. The number of ether oxygens (including phenoxy) is 1. The molecule has 94 valence electrons. The first kappa shape index (κ1) is 15.0. The largest absolute Gasteiger partial charge is 0.463 e. The average molecular weight is 237 g/mol. The van der Waals surface area contributed by atoms with Crippen LogP contribution < -0.4 is 0 Å². The Labute approximate surface area is 93.5 Å². The van der Waals surface area contributed by atoms with Crippen molar-refractivity contribution in [3.05, 3.63) is 12.2 Å². The van der Waals surface area contributed by atoms with Crippen molar-refractivity contribution in [2.75, 3.05) is 32.8 Å². The number of carbonyl (C=O) groups is 1. The zero-order chi connectivity index (χ0) is 12.6. The Morgan fingerprint density at radius 2 is 2.19 bits per heavy atom. The first-order valence-corrected chi connectivity index (χ1v) is 4.97. The number of nitrogens with zero attached hydrogens (tertiary/aromatic N) is 1. The summed E-state index contributed by atoms with van der Waals surface area (Å²) in [4.78, 5) is 12.4. The van der Waals surface area contributed by atoms with E-state index in [1.807, 2.05) is 0 Å². The van der Waals surface area contributed by atoms with Crippen molar-refractivity contribution >= 4 is 5.97 Å². The van der Waals surface area contributed by atoms with Crippen LogP contribution in [-0.4, -0.2) is 55.2 Å². The third-order valence-corrected chi connectivity index (χ3v) is 1.79. The van der Waals surface area contributed by atoms with Gasteiger partial charge in [0.05, 0.1) is 19.8 Å². The summed E-state index contributed by atoms with van der Waals surface area (Å²) in [7, 11) is 0. The number of aliphatic hydroxyl groups excluding tert-OH is 1. The highest BCUT2D eigenvalue weighted by molar-refractivity contribution is 5.88. The number of alkyl halides is 2. The molecule has 16 heavy (non-hydrogen) atoms. The van der Waals surface area contributed by atoms with Crippen molar-refractivity contribution in [3.8, 4) is 0 Å². The predicted molar refractivity (Wildman–Crippen MR) is 55.3 cm³/mol. The molecule has 0 spiro atoms. The van der Waals surface area contributed by atoms with Crippen LogP contribution >= 0.6 is 0 Å². The highest BCUT2D eigenvalue weighted by atomic mass is 19.3. The third-order valence-electron chi connectivity index (χ3n) is 1.79. The summed E-state index contributed by atoms with van der Waals surface area (Å²) in [5, 5.41) is 8.67. The van der Waals surface area contributed by atoms with Crippen molar-refractivity contribution in [2.45, 2.75) is 13.3 Å². The number of aliphatic hydroxyl groups is 1. The Morgan fingerprint density at radius 3 is 2.62 bits per heavy atom. The molecule has 0 radical (unpaired) electrons. The molecule has 0 bridgehead atoms. The lowest BCUT2D eigenvalue weighted by Crippen LogP contribution is -2.34. The van der Waals surface area contributed by atoms with Crippen LogP contribution in [0.15, 0.2) is 12.2 Å². The molecule has 0 fully saturated rings. The predicted octanol–water partition coefficient (Wildman–Crippen LogP) is 0.665. The van der Waals surface area contributed by atoms with Gasteiger partial charge in [-0.1, -0.05) is 6.58 Å². The van der Waals surface area contributed by atoms with E-state index in [4.69, 9.17) is 5.11 Å². The van der Waals surface area contributed by atoms with E-state index in [9.17, 15) is 13.6 Å². The monoisotopic (exact) mass is 237 g/mol. The van der Waals surface area contributed by atoms with Crippen molar-refractivity contribution in [1.82, 2.24) is 4.90 Å². The highest BCUT2D eigenvalue weighted by Crippen LogP contribution is 2.03. The van der Waals surface area contributed by atoms with Crippen molar-refractivity contribution in [2.24, 2.45) is 0 Å². The first-order valence-electron chi connectivity index (χ1n) is 4.97. The summed E-state index contributed by atoms with van der Waals surface area (Å²) in [6.45, 7) is 4.62. The minimum Gasteiger partial charge on any atom is -0.463 e. The third kappa shape index (κ3) is 6.47. The Kier molecular flexibility index (Phi) is 7.66. The minimum absolute atomic E-state index is 0.0241. The number of hydrogen-bond donors (Lipinski definition) is 1. The van der Waals surface area contributed by atoms with Crippen LogP contribution in [0.25, 0.3) is 0 Å². The molecular weight excluding hydrogens is 220 g/mol. The van der Waals surface area contributed by atoms with E-state index in [1.165, 1.54) is 4.90 Å². The van der Waals surface area contributed by atoms with Crippen LogP contribution in [-0.2, 0) is 9.53 Å². The van der Waals surface area contributed by atoms with Crippen molar-refractivity contribution in [1.29, 1.82) is 0 Å². The molecule has 0 amide bonds. The van der Waals surface area contributed by atoms with Crippen LogP contribution in [0.5, 0.6) is 0 Å². The van der Waals surface area contributed by atoms with Crippen LogP contribution in [0.1, 0.15) is 6.92 Å². The molecule has 0 aromatic rings. The fraction of sp³-hybridized carbons (Fsp3) is 0.700. The fourth-order valence-corrected chi connectivity index (χ4v) is 1.14. The second kappa shape index (κ2) is 8.18. The summed E-state index contributed by atoms with van der Waals surface area (Å²) in [6.07, 6.45) is -2.51. The van der Waals surface area contributed by atoms with Gasteiger partial charge in [0, 0.05) is 18.7 Å². The molecule has 0 aromatic heterocycles. The normalized spacial score (nSPS) is 10.9. The van der Waals surface area contributed by atoms with Crippen LogP contribution in [0.3, 0.4) is 0 Å². The number of carbonyl (C=O) groups excluding carboxylic acids is 1. The second-order valence-electron chi connectivity index (χ2n) is 3.17. The lowest BCUT2D eigenvalue weighted by molar-refractivity contribution is -0.138. The van der Waals surface area contributed by atoms with Gasteiger partial charge in [-0.25, -0.2) is 13.6 Å². The SMILES string of the molecule is C=C(CN(CCO)CC(F)F)C(=O)OCC. The highest BCUT2D eigenvalue weighted by Gasteiger charge is 2.16. The van der Waals surface area contributed by atoms with Crippen LogP contribution in [0.4, 0.5) is 8.78 Å². The van der Waals surface area contributed by atoms with E-state index < -0.39 is 18.9 Å². The second-order valence-corrected chi connectivity index (χ2v) is 3.17. The summed E-state index contributed by atoms with van der Waals surface area (Å²) < 4.78 is 28.9. The van der Waals surface area contributed by atoms with Gasteiger partial charge in [-0.15, -0.1) is 0 Å². The van der Waals surface area contributed by atoms with Gasteiger partial charge in [-0.05, 0) is 6.92 Å². The molecule has 1 N–H and O–H groups in total. The molecule has 0 atom stereocenters. The van der Waals surface area contributed by atoms with E-state index in [2.05, 4.69) is 11.3 Å². The molecule has 6 heteroatoms. The van der Waals surface area contributed by atoms with E-state index in [-0.39, 0.29) is 31.9 Å². The summed E-state index contributed by atoms with van der Waals surface area (Å²) in [5.41, 5.74) is 0.107. The van der Waals surface area contributed by atoms with Gasteiger partial charge in [-0.3, -0.25) is 4.90 Å². The van der Waals surface area contributed by atoms with Gasteiger partial charge in [0.2, 0.25) is 0 Å². The molecule has 0 saturated carbocycles. The van der Waals surface area contributed by atoms with Crippen molar-refractivity contribution in [3.63, 3.8) is 0 Å². The lowest BCUT2D eigenvalue weighted by atomic mass is 10.3. The van der Waals surface area contributed by atoms with Gasteiger partial charge in [-0.2, -0.15) is 0 Å². The van der Waals surface area contributed by atoms with Gasteiger partial charge in [0.1, 0.15) is 0 Å². The van der Waals surface area contributed by atoms with Gasteiger partial charge in [0.15, 0.2) is 0 Å². The maximum Gasteiger partial charge on any atom is 0.334 e. The summed E-state index contributed by atoms with van der Waals surface area (Å²) >= 11 is 0. The molecular formula is C10H17F2NO3. The van der Waals surface area contributed by atoms with E-state index in [1.54, 1.807) is 6.92 Å². The summed E-state index contributed by atoms with van der Waals surface area (Å²) in [6, 6.07) is 0. The van der Waals surface area contributed by atoms with Gasteiger partial charge >= 0.3 is 5.97 Å².